The summed E-state index contributed by atoms with van der Waals surface area (Å²) in [7, 11) is 0. The topological polar surface area (TPSA) is 56.7 Å². The molecule has 7 heteroatoms. The van der Waals surface area contributed by atoms with Gasteiger partial charge >= 0.3 is 0 Å². The minimum Gasteiger partial charge on any atom is -0.388 e. The normalized spacial score (nSPS) is 13.2. The van der Waals surface area contributed by atoms with Crippen LogP contribution in [0.25, 0.3) is 0 Å². The number of hydrogen-bond acceptors (Lipinski definition) is 2. The number of aliphatic imine (C=N–C) groups is 1. The van der Waals surface area contributed by atoms with Crippen LogP contribution in [0.15, 0.2) is 23.2 Å². The Balaban J connectivity index is 0.00000529. The molecule has 0 aliphatic carbocycles. The predicted octanol–water partition coefficient (Wildman–Crippen LogP) is 3.75. The van der Waals surface area contributed by atoms with E-state index in [0.29, 0.717) is 30.9 Å². The molecule has 0 radical (unpaired) electrons. The molecule has 4 nitrogen and oxygen atoms in total. The Kier molecular flexibility index (Phi) is 10.4. The quantitative estimate of drug-likeness (QED) is 0.334. The van der Waals surface area contributed by atoms with Gasteiger partial charge in [0, 0.05) is 18.2 Å². The van der Waals surface area contributed by atoms with E-state index >= 15 is 0 Å². The van der Waals surface area contributed by atoms with E-state index in [4.69, 9.17) is 0 Å². The van der Waals surface area contributed by atoms with Crippen LogP contribution in [0.1, 0.15) is 52.1 Å². The molecule has 3 N–H and O–H groups in total. The molecule has 1 atom stereocenters. The molecule has 1 aromatic rings. The fraction of sp³-hybridized carbons (Fsp3) is 0.588. The molecule has 1 unspecified atom stereocenters. The molecule has 0 saturated heterocycles. The van der Waals surface area contributed by atoms with Gasteiger partial charge in [0.05, 0.1) is 18.2 Å². The van der Waals surface area contributed by atoms with Gasteiger partial charge < -0.3 is 15.7 Å². The first-order chi connectivity index (χ1) is 10.8. The largest absolute Gasteiger partial charge is 0.388 e. The molecule has 0 spiro atoms. The minimum atomic E-state index is -0.841. The molecule has 0 aliphatic rings. The fourth-order valence-electron chi connectivity index (χ4n) is 2.16. The Hall–Kier alpha value is -0.960. The zero-order valence-electron chi connectivity index (χ0n) is 14.7. The summed E-state index contributed by atoms with van der Waals surface area (Å²) in [4.78, 5) is 4.39. The summed E-state index contributed by atoms with van der Waals surface area (Å²) in [6.07, 6.45) is 1.21. The van der Waals surface area contributed by atoms with Crippen LogP contribution in [-0.2, 0) is 0 Å². The van der Waals surface area contributed by atoms with Crippen LogP contribution in [0, 0.1) is 11.6 Å². The summed E-state index contributed by atoms with van der Waals surface area (Å²) in [6, 6.07) is 3.13. The maximum Gasteiger partial charge on any atom is 0.191 e. The zero-order valence-corrected chi connectivity index (χ0v) is 17.0. The van der Waals surface area contributed by atoms with E-state index in [1.807, 2.05) is 20.8 Å². The van der Waals surface area contributed by atoms with Gasteiger partial charge in [-0.3, -0.25) is 4.99 Å². The van der Waals surface area contributed by atoms with Gasteiger partial charge in [0.1, 0.15) is 11.6 Å². The predicted molar refractivity (Wildman–Crippen MR) is 105 cm³/mol. The smallest absolute Gasteiger partial charge is 0.191 e. The van der Waals surface area contributed by atoms with Crippen LogP contribution in [0.2, 0.25) is 0 Å². The molecule has 0 saturated carbocycles. The van der Waals surface area contributed by atoms with Gasteiger partial charge in [-0.1, -0.05) is 19.9 Å². The Bertz CT molecular complexity index is 537. The van der Waals surface area contributed by atoms with Crippen molar-refractivity contribution in [3.8, 4) is 0 Å². The van der Waals surface area contributed by atoms with E-state index in [0.717, 1.165) is 6.07 Å². The molecule has 0 fully saturated rings. The van der Waals surface area contributed by atoms with Crippen molar-refractivity contribution >= 4 is 29.9 Å². The molecule has 0 heterocycles. The third kappa shape index (κ3) is 6.88. The lowest BCUT2D eigenvalue weighted by molar-refractivity contribution is 0.0417. The first kappa shape index (κ1) is 23.0. The van der Waals surface area contributed by atoms with Gasteiger partial charge in [-0.2, -0.15) is 0 Å². The minimum absolute atomic E-state index is 0. The van der Waals surface area contributed by atoms with Crippen molar-refractivity contribution in [2.24, 2.45) is 4.99 Å². The maximum atomic E-state index is 13.8. The van der Waals surface area contributed by atoms with Gasteiger partial charge in [0.15, 0.2) is 5.96 Å². The van der Waals surface area contributed by atoms with Gasteiger partial charge in [0.25, 0.3) is 0 Å². The van der Waals surface area contributed by atoms with Gasteiger partial charge in [-0.05, 0) is 32.8 Å². The fourth-order valence-corrected chi connectivity index (χ4v) is 2.16. The van der Waals surface area contributed by atoms with Crippen molar-refractivity contribution in [1.82, 2.24) is 10.6 Å². The van der Waals surface area contributed by atoms with E-state index in [2.05, 4.69) is 15.6 Å². The van der Waals surface area contributed by atoms with E-state index < -0.39 is 17.2 Å². The lowest BCUT2D eigenvalue weighted by atomic mass is 9.98. The molecular formula is C17H28F2IN3O. The molecule has 0 bridgehead atoms. The highest BCUT2D eigenvalue weighted by molar-refractivity contribution is 14.0. The average Bonchev–Trinajstić information content (AvgIpc) is 2.52. The van der Waals surface area contributed by atoms with Crippen LogP contribution in [0.3, 0.4) is 0 Å². The van der Waals surface area contributed by atoms with Crippen LogP contribution in [0.5, 0.6) is 0 Å². The van der Waals surface area contributed by atoms with Crippen molar-refractivity contribution in [3.63, 3.8) is 0 Å². The van der Waals surface area contributed by atoms with Crippen LogP contribution < -0.4 is 10.6 Å². The second-order valence-corrected chi connectivity index (χ2v) is 5.66. The second-order valence-electron chi connectivity index (χ2n) is 5.66. The Labute approximate surface area is 160 Å². The number of benzene rings is 1. The number of nitrogens with zero attached hydrogens (tertiary/aromatic N) is 1. The van der Waals surface area contributed by atoms with Crippen molar-refractivity contribution in [3.05, 3.63) is 35.4 Å². The van der Waals surface area contributed by atoms with Crippen LogP contribution >= 0.6 is 24.0 Å². The van der Waals surface area contributed by atoms with Crippen molar-refractivity contribution in [2.45, 2.75) is 52.2 Å². The molecule has 24 heavy (non-hydrogen) atoms. The summed E-state index contributed by atoms with van der Waals surface area (Å²) in [5.41, 5.74) is -0.481. The van der Waals surface area contributed by atoms with E-state index in [1.54, 1.807) is 6.92 Å². The summed E-state index contributed by atoms with van der Waals surface area (Å²) in [5.74, 6) is -0.710. The first-order valence-corrected chi connectivity index (χ1v) is 8.07. The molecule has 0 aliphatic heterocycles. The van der Waals surface area contributed by atoms with E-state index in [1.165, 1.54) is 12.1 Å². The highest BCUT2D eigenvalue weighted by atomic mass is 127. The molecule has 138 valence electrons. The number of guanidine groups is 1. The summed E-state index contributed by atoms with van der Waals surface area (Å²) in [6.45, 7) is 8.42. The molecular weight excluding hydrogens is 427 g/mol. The number of nitrogens with one attached hydrogen (secondary N) is 2. The SMILES string of the molecule is CCNC(=NCC(O)(CC)CC)NC(C)c1ccc(F)cc1F.I. The first-order valence-electron chi connectivity index (χ1n) is 8.07. The van der Waals surface area contributed by atoms with E-state index in [-0.39, 0.29) is 36.6 Å². The van der Waals surface area contributed by atoms with Crippen molar-refractivity contribution in [2.75, 3.05) is 13.1 Å². The molecule has 0 amide bonds. The lowest BCUT2D eigenvalue weighted by Crippen LogP contribution is -2.41. The lowest BCUT2D eigenvalue weighted by Gasteiger charge is -2.24. The zero-order chi connectivity index (χ0) is 17.5. The average molecular weight is 455 g/mol. The van der Waals surface area contributed by atoms with Crippen LogP contribution in [0.4, 0.5) is 8.78 Å². The third-order valence-corrected chi connectivity index (χ3v) is 3.97. The van der Waals surface area contributed by atoms with E-state index in [9.17, 15) is 13.9 Å². The Morgan fingerprint density at radius 3 is 2.38 bits per heavy atom. The Morgan fingerprint density at radius 2 is 1.88 bits per heavy atom. The van der Waals surface area contributed by atoms with Gasteiger partial charge in [-0.25, -0.2) is 8.78 Å². The summed E-state index contributed by atoms with van der Waals surface area (Å²) in [5, 5.41) is 16.5. The number of aliphatic hydroxyl groups is 1. The second kappa shape index (κ2) is 10.8. The molecule has 0 aromatic heterocycles. The summed E-state index contributed by atoms with van der Waals surface area (Å²) >= 11 is 0. The van der Waals surface area contributed by atoms with Crippen molar-refractivity contribution < 1.29 is 13.9 Å². The Morgan fingerprint density at radius 1 is 1.25 bits per heavy atom. The highest BCUT2D eigenvalue weighted by Gasteiger charge is 2.22. The molecule has 1 rings (SSSR count). The monoisotopic (exact) mass is 455 g/mol. The number of halogens is 3. The third-order valence-electron chi connectivity index (χ3n) is 3.97. The maximum absolute atomic E-state index is 13.8. The summed E-state index contributed by atoms with van der Waals surface area (Å²) < 4.78 is 26.8. The number of hydrogen-bond donors (Lipinski definition) is 3. The van der Waals surface area contributed by atoms with Gasteiger partial charge in [0.2, 0.25) is 0 Å². The van der Waals surface area contributed by atoms with Crippen molar-refractivity contribution in [1.29, 1.82) is 0 Å². The standard InChI is InChI=1S/C17H27F2N3O.HI/c1-5-17(23,6-2)11-21-16(20-7-3)22-12(4)14-9-8-13(18)10-15(14)19;/h8-10,12,23H,5-7,11H2,1-4H3,(H2,20,21,22);1H. The highest BCUT2D eigenvalue weighted by Crippen LogP contribution is 2.18. The number of rotatable bonds is 7. The van der Waals surface area contributed by atoms with Gasteiger partial charge in [-0.15, -0.1) is 24.0 Å². The van der Waals surface area contributed by atoms with Crippen LogP contribution in [-0.4, -0.2) is 29.8 Å². The molecule has 1 aromatic carbocycles.